The molecule has 0 amide bonds. The van der Waals surface area contributed by atoms with Crippen LogP contribution in [0.15, 0.2) is 46.9 Å². The summed E-state index contributed by atoms with van der Waals surface area (Å²) in [7, 11) is 1.67. The van der Waals surface area contributed by atoms with Gasteiger partial charge in [0.15, 0.2) is 0 Å². The summed E-state index contributed by atoms with van der Waals surface area (Å²) < 4.78 is 12.1. The van der Waals surface area contributed by atoms with Crippen LogP contribution in [0.2, 0.25) is 0 Å². The van der Waals surface area contributed by atoms with Gasteiger partial charge in [-0.1, -0.05) is 35.0 Å². The van der Waals surface area contributed by atoms with Crippen molar-refractivity contribution < 1.29 is 9.47 Å². The third-order valence-electron chi connectivity index (χ3n) is 2.96. The van der Waals surface area contributed by atoms with E-state index in [-0.39, 0.29) is 0 Å². The molecule has 3 heteroatoms. The van der Waals surface area contributed by atoms with Gasteiger partial charge in [-0.3, -0.25) is 0 Å². The first-order chi connectivity index (χ1) is 9.22. The third-order valence-corrected chi connectivity index (χ3v) is 3.74. The second-order valence-corrected chi connectivity index (χ2v) is 5.10. The zero-order valence-electron chi connectivity index (χ0n) is 11.2. The van der Waals surface area contributed by atoms with E-state index in [4.69, 9.17) is 9.47 Å². The SMILES string of the molecule is CCc1cc(OCc2ccc(OC)cc2)ccc1Br. The number of ether oxygens (including phenoxy) is 2. The molecule has 0 N–H and O–H groups in total. The van der Waals surface area contributed by atoms with E-state index in [0.717, 1.165) is 28.0 Å². The summed E-state index contributed by atoms with van der Waals surface area (Å²) in [4.78, 5) is 0. The molecule has 100 valence electrons. The Labute approximate surface area is 122 Å². The molecule has 0 fully saturated rings. The average molecular weight is 321 g/mol. The molecule has 19 heavy (non-hydrogen) atoms. The normalized spacial score (nSPS) is 10.3. The zero-order valence-corrected chi connectivity index (χ0v) is 12.7. The third kappa shape index (κ3) is 3.74. The summed E-state index contributed by atoms with van der Waals surface area (Å²) in [6, 6.07) is 14.0. The highest BCUT2D eigenvalue weighted by molar-refractivity contribution is 9.10. The Balaban J connectivity index is 2.01. The first-order valence-corrected chi connectivity index (χ1v) is 7.06. The van der Waals surface area contributed by atoms with Gasteiger partial charge >= 0.3 is 0 Å². The standard InChI is InChI=1S/C16H17BrO2/c1-3-13-10-15(8-9-16(13)17)19-11-12-4-6-14(18-2)7-5-12/h4-10H,3,11H2,1-2H3. The molecule has 0 bridgehead atoms. The molecule has 0 aromatic heterocycles. The fourth-order valence-electron chi connectivity index (χ4n) is 1.80. The number of hydrogen-bond acceptors (Lipinski definition) is 2. The molecule has 0 saturated carbocycles. The van der Waals surface area contributed by atoms with E-state index in [1.165, 1.54) is 5.56 Å². The molecule has 0 aliphatic heterocycles. The van der Waals surface area contributed by atoms with Gasteiger partial charge in [-0.2, -0.15) is 0 Å². The van der Waals surface area contributed by atoms with Crippen LogP contribution in [0.4, 0.5) is 0 Å². The van der Waals surface area contributed by atoms with Gasteiger partial charge in [0.1, 0.15) is 18.1 Å². The maximum absolute atomic E-state index is 5.80. The van der Waals surface area contributed by atoms with Crippen molar-refractivity contribution in [3.8, 4) is 11.5 Å². The van der Waals surface area contributed by atoms with Crippen LogP contribution in [-0.4, -0.2) is 7.11 Å². The summed E-state index contributed by atoms with van der Waals surface area (Å²) in [6.07, 6.45) is 0.986. The van der Waals surface area contributed by atoms with E-state index in [0.29, 0.717) is 6.61 Å². The van der Waals surface area contributed by atoms with E-state index < -0.39 is 0 Å². The van der Waals surface area contributed by atoms with Crippen LogP contribution in [0.1, 0.15) is 18.1 Å². The Hall–Kier alpha value is -1.48. The Bertz CT molecular complexity index is 535. The number of rotatable bonds is 5. The molecule has 0 aliphatic carbocycles. The molecule has 0 spiro atoms. The molecule has 2 nitrogen and oxygen atoms in total. The van der Waals surface area contributed by atoms with E-state index in [2.05, 4.69) is 28.9 Å². The topological polar surface area (TPSA) is 18.5 Å². The van der Waals surface area contributed by atoms with Gasteiger partial charge in [0, 0.05) is 4.47 Å². The Morgan fingerprint density at radius 2 is 1.68 bits per heavy atom. The summed E-state index contributed by atoms with van der Waals surface area (Å²) in [6.45, 7) is 2.70. The fourth-order valence-corrected chi connectivity index (χ4v) is 2.33. The van der Waals surface area contributed by atoms with Crippen LogP contribution in [0.25, 0.3) is 0 Å². The predicted molar refractivity (Wildman–Crippen MR) is 80.8 cm³/mol. The maximum Gasteiger partial charge on any atom is 0.120 e. The number of halogens is 1. The first-order valence-electron chi connectivity index (χ1n) is 6.27. The molecule has 0 radical (unpaired) electrons. The summed E-state index contributed by atoms with van der Waals surface area (Å²) >= 11 is 3.53. The molecule has 0 atom stereocenters. The molecule has 2 aromatic rings. The molecular formula is C16H17BrO2. The van der Waals surface area contributed by atoms with Crippen LogP contribution in [0.3, 0.4) is 0 Å². The fraction of sp³-hybridized carbons (Fsp3) is 0.250. The second-order valence-electron chi connectivity index (χ2n) is 4.24. The first kappa shape index (κ1) is 13.9. The minimum Gasteiger partial charge on any atom is -0.497 e. The monoisotopic (exact) mass is 320 g/mol. The van der Waals surface area contributed by atoms with Crippen molar-refractivity contribution in [3.63, 3.8) is 0 Å². The lowest BCUT2D eigenvalue weighted by atomic mass is 10.1. The molecule has 0 unspecified atom stereocenters. The lowest BCUT2D eigenvalue weighted by molar-refractivity contribution is 0.305. The van der Waals surface area contributed by atoms with Crippen molar-refractivity contribution >= 4 is 15.9 Å². The van der Waals surface area contributed by atoms with Crippen LogP contribution < -0.4 is 9.47 Å². The molecular weight excluding hydrogens is 304 g/mol. The van der Waals surface area contributed by atoms with Crippen LogP contribution in [-0.2, 0) is 13.0 Å². The maximum atomic E-state index is 5.80. The number of hydrogen-bond donors (Lipinski definition) is 0. The lowest BCUT2D eigenvalue weighted by Crippen LogP contribution is -1.96. The molecule has 0 saturated heterocycles. The van der Waals surface area contributed by atoms with Crippen molar-refractivity contribution in [2.75, 3.05) is 7.11 Å². The van der Waals surface area contributed by atoms with Crippen LogP contribution >= 0.6 is 15.9 Å². The number of methoxy groups -OCH3 is 1. The van der Waals surface area contributed by atoms with Gasteiger partial charge in [-0.25, -0.2) is 0 Å². The van der Waals surface area contributed by atoms with Gasteiger partial charge in [0.2, 0.25) is 0 Å². The lowest BCUT2D eigenvalue weighted by Gasteiger charge is -2.09. The zero-order chi connectivity index (χ0) is 13.7. The highest BCUT2D eigenvalue weighted by atomic mass is 79.9. The van der Waals surface area contributed by atoms with Gasteiger partial charge in [-0.05, 0) is 47.9 Å². The van der Waals surface area contributed by atoms with Crippen molar-refractivity contribution in [2.24, 2.45) is 0 Å². The van der Waals surface area contributed by atoms with Crippen LogP contribution in [0, 0.1) is 0 Å². The van der Waals surface area contributed by atoms with E-state index in [9.17, 15) is 0 Å². The predicted octanol–water partition coefficient (Wildman–Crippen LogP) is 4.60. The highest BCUT2D eigenvalue weighted by Crippen LogP contribution is 2.23. The second kappa shape index (κ2) is 6.62. The van der Waals surface area contributed by atoms with Crippen molar-refractivity contribution in [2.45, 2.75) is 20.0 Å². The summed E-state index contributed by atoms with van der Waals surface area (Å²) in [5.41, 5.74) is 2.38. The van der Waals surface area contributed by atoms with Gasteiger partial charge in [0.05, 0.1) is 7.11 Å². The summed E-state index contributed by atoms with van der Waals surface area (Å²) in [5, 5.41) is 0. The van der Waals surface area contributed by atoms with Gasteiger partial charge in [0.25, 0.3) is 0 Å². The molecule has 2 aromatic carbocycles. The Morgan fingerprint density at radius 3 is 2.32 bits per heavy atom. The Kier molecular flexibility index (Phi) is 4.86. The number of benzene rings is 2. The quantitative estimate of drug-likeness (QED) is 0.801. The van der Waals surface area contributed by atoms with E-state index in [1.807, 2.05) is 36.4 Å². The minimum atomic E-state index is 0.564. The van der Waals surface area contributed by atoms with Gasteiger partial charge in [-0.15, -0.1) is 0 Å². The number of aryl methyl sites for hydroxylation is 1. The summed E-state index contributed by atoms with van der Waals surface area (Å²) in [5.74, 6) is 1.76. The highest BCUT2D eigenvalue weighted by Gasteiger charge is 2.01. The van der Waals surface area contributed by atoms with Crippen LogP contribution in [0.5, 0.6) is 11.5 Å². The smallest absolute Gasteiger partial charge is 0.120 e. The van der Waals surface area contributed by atoms with E-state index >= 15 is 0 Å². The molecule has 0 aliphatic rings. The van der Waals surface area contributed by atoms with E-state index in [1.54, 1.807) is 7.11 Å². The van der Waals surface area contributed by atoms with Crippen molar-refractivity contribution in [3.05, 3.63) is 58.1 Å². The van der Waals surface area contributed by atoms with Crippen molar-refractivity contribution in [1.29, 1.82) is 0 Å². The van der Waals surface area contributed by atoms with Gasteiger partial charge < -0.3 is 9.47 Å². The average Bonchev–Trinajstić information content (AvgIpc) is 2.47. The molecule has 2 rings (SSSR count). The minimum absolute atomic E-state index is 0.564. The Morgan fingerprint density at radius 1 is 1.00 bits per heavy atom. The van der Waals surface area contributed by atoms with Crippen molar-refractivity contribution in [1.82, 2.24) is 0 Å². The largest absolute Gasteiger partial charge is 0.497 e. The molecule has 0 heterocycles.